The second-order valence-corrected chi connectivity index (χ2v) is 7.57. The van der Waals surface area contributed by atoms with Gasteiger partial charge in [0.25, 0.3) is 0 Å². The van der Waals surface area contributed by atoms with Crippen LogP contribution >= 0.6 is 0 Å². The number of aromatic nitrogens is 2. The molecular formula is C22H25N3O2. The number of carbonyl (C=O) groups is 1. The van der Waals surface area contributed by atoms with Crippen molar-refractivity contribution in [3.63, 3.8) is 0 Å². The molecule has 140 valence electrons. The molecule has 3 aromatic rings. The van der Waals surface area contributed by atoms with Crippen molar-refractivity contribution < 1.29 is 9.53 Å². The number of fused-ring (bicyclic) bond motifs is 1. The Bertz CT molecular complexity index is 977. The average molecular weight is 363 g/mol. The number of anilines is 1. The fraction of sp³-hybridized carbons (Fsp3) is 0.364. The zero-order chi connectivity index (χ0) is 19.0. The van der Waals surface area contributed by atoms with Crippen molar-refractivity contribution in [2.24, 2.45) is 5.92 Å². The Hall–Kier alpha value is -2.82. The first-order valence-corrected chi connectivity index (χ1v) is 9.46. The summed E-state index contributed by atoms with van der Waals surface area (Å²) in [5.74, 6) is 2.51. The molecular weight excluding hydrogens is 338 g/mol. The first kappa shape index (κ1) is 17.6. The standard InChI is InChI=1S/C22H25N3O2/c1-15(2)13-25-20-10-5-4-9-19(20)23-22(25)16-11-21(26)24(14-16)17-7-6-8-18(12-17)27-3/h4-10,12,15-16H,11,13-14H2,1-3H3/t16-/m0/s1. The molecule has 0 radical (unpaired) electrons. The molecule has 1 aliphatic heterocycles. The lowest BCUT2D eigenvalue weighted by atomic mass is 10.1. The molecule has 1 aliphatic rings. The molecule has 5 nitrogen and oxygen atoms in total. The second-order valence-electron chi connectivity index (χ2n) is 7.57. The maximum absolute atomic E-state index is 12.8. The normalized spacial score (nSPS) is 17.3. The minimum absolute atomic E-state index is 0.0925. The van der Waals surface area contributed by atoms with Gasteiger partial charge < -0.3 is 14.2 Å². The lowest BCUT2D eigenvalue weighted by Gasteiger charge is -2.18. The number of benzene rings is 2. The zero-order valence-corrected chi connectivity index (χ0v) is 16.1. The minimum Gasteiger partial charge on any atom is -0.497 e. The largest absolute Gasteiger partial charge is 0.497 e. The van der Waals surface area contributed by atoms with Crippen LogP contribution in [0, 0.1) is 5.92 Å². The van der Waals surface area contributed by atoms with Gasteiger partial charge in [0, 0.05) is 37.2 Å². The summed E-state index contributed by atoms with van der Waals surface area (Å²) < 4.78 is 7.61. The highest BCUT2D eigenvalue weighted by molar-refractivity contribution is 5.96. The predicted molar refractivity (Wildman–Crippen MR) is 107 cm³/mol. The van der Waals surface area contributed by atoms with Crippen molar-refractivity contribution in [3.8, 4) is 5.75 Å². The minimum atomic E-state index is 0.0925. The molecule has 1 fully saturated rings. The molecule has 0 spiro atoms. The molecule has 27 heavy (non-hydrogen) atoms. The van der Waals surface area contributed by atoms with Crippen LogP contribution in [0.15, 0.2) is 48.5 Å². The van der Waals surface area contributed by atoms with Gasteiger partial charge in [0.1, 0.15) is 11.6 Å². The number of carbonyl (C=O) groups excluding carboxylic acids is 1. The van der Waals surface area contributed by atoms with E-state index in [1.165, 1.54) is 0 Å². The number of hydrogen-bond acceptors (Lipinski definition) is 3. The van der Waals surface area contributed by atoms with Crippen molar-refractivity contribution in [1.82, 2.24) is 9.55 Å². The van der Waals surface area contributed by atoms with Gasteiger partial charge in [-0.2, -0.15) is 0 Å². The summed E-state index contributed by atoms with van der Waals surface area (Å²) in [6, 6.07) is 15.9. The fourth-order valence-electron chi connectivity index (χ4n) is 3.87. The van der Waals surface area contributed by atoms with E-state index in [0.717, 1.165) is 34.8 Å². The van der Waals surface area contributed by atoms with E-state index in [9.17, 15) is 4.79 Å². The first-order valence-electron chi connectivity index (χ1n) is 9.46. The van der Waals surface area contributed by atoms with Gasteiger partial charge in [-0.1, -0.05) is 32.0 Å². The summed E-state index contributed by atoms with van der Waals surface area (Å²) in [6.07, 6.45) is 0.485. The summed E-state index contributed by atoms with van der Waals surface area (Å²) in [5, 5.41) is 0. The number of para-hydroxylation sites is 2. The Balaban J connectivity index is 1.69. The van der Waals surface area contributed by atoms with Crippen LogP contribution in [0.1, 0.15) is 32.0 Å². The Morgan fingerprint density at radius 2 is 2.00 bits per heavy atom. The maximum Gasteiger partial charge on any atom is 0.227 e. The van der Waals surface area contributed by atoms with E-state index < -0.39 is 0 Å². The topological polar surface area (TPSA) is 47.4 Å². The highest BCUT2D eigenvalue weighted by atomic mass is 16.5. The Kier molecular flexibility index (Phi) is 4.60. The van der Waals surface area contributed by atoms with Gasteiger partial charge in [-0.25, -0.2) is 4.98 Å². The predicted octanol–water partition coefficient (Wildman–Crippen LogP) is 4.22. The monoisotopic (exact) mass is 363 g/mol. The Morgan fingerprint density at radius 3 is 2.78 bits per heavy atom. The van der Waals surface area contributed by atoms with Crippen LogP contribution in [-0.4, -0.2) is 29.1 Å². The van der Waals surface area contributed by atoms with Crippen molar-refractivity contribution in [3.05, 3.63) is 54.4 Å². The lowest BCUT2D eigenvalue weighted by molar-refractivity contribution is -0.117. The molecule has 4 rings (SSSR count). The number of nitrogens with zero attached hydrogens (tertiary/aromatic N) is 3. The van der Waals surface area contributed by atoms with E-state index in [1.807, 2.05) is 47.4 Å². The first-order chi connectivity index (χ1) is 13.1. The third kappa shape index (κ3) is 3.29. The van der Waals surface area contributed by atoms with Crippen LogP contribution < -0.4 is 9.64 Å². The molecule has 5 heteroatoms. The van der Waals surface area contributed by atoms with E-state index in [-0.39, 0.29) is 11.8 Å². The number of rotatable bonds is 5. The molecule has 1 saturated heterocycles. The van der Waals surface area contributed by atoms with Gasteiger partial charge in [-0.3, -0.25) is 4.79 Å². The van der Waals surface area contributed by atoms with Crippen molar-refractivity contribution in [2.45, 2.75) is 32.7 Å². The van der Waals surface area contributed by atoms with Crippen LogP contribution in [0.25, 0.3) is 11.0 Å². The van der Waals surface area contributed by atoms with E-state index >= 15 is 0 Å². The molecule has 0 unspecified atom stereocenters. The van der Waals surface area contributed by atoms with Crippen molar-refractivity contribution in [1.29, 1.82) is 0 Å². The Morgan fingerprint density at radius 1 is 1.19 bits per heavy atom. The summed E-state index contributed by atoms with van der Waals surface area (Å²) >= 11 is 0. The number of ether oxygens (including phenoxy) is 1. The van der Waals surface area contributed by atoms with Gasteiger partial charge in [-0.05, 0) is 30.2 Å². The second kappa shape index (κ2) is 7.06. The number of imidazole rings is 1. The van der Waals surface area contributed by atoms with Crippen LogP contribution in [0.3, 0.4) is 0 Å². The summed E-state index contributed by atoms with van der Waals surface area (Å²) in [5.41, 5.74) is 3.03. The molecule has 0 N–H and O–H groups in total. The number of hydrogen-bond donors (Lipinski definition) is 0. The van der Waals surface area contributed by atoms with Gasteiger partial charge in [-0.15, -0.1) is 0 Å². The highest BCUT2D eigenvalue weighted by Gasteiger charge is 2.35. The van der Waals surface area contributed by atoms with Gasteiger partial charge in [0.2, 0.25) is 5.91 Å². The molecule has 2 heterocycles. The zero-order valence-electron chi connectivity index (χ0n) is 16.1. The summed E-state index contributed by atoms with van der Waals surface area (Å²) in [6.45, 7) is 5.97. The molecule has 1 aromatic heterocycles. The fourth-order valence-corrected chi connectivity index (χ4v) is 3.87. The summed E-state index contributed by atoms with van der Waals surface area (Å²) in [7, 11) is 1.64. The van der Waals surface area contributed by atoms with E-state index in [1.54, 1.807) is 7.11 Å². The molecule has 1 amide bonds. The van der Waals surface area contributed by atoms with Gasteiger partial charge >= 0.3 is 0 Å². The van der Waals surface area contributed by atoms with Crippen LogP contribution in [0.4, 0.5) is 5.69 Å². The third-order valence-corrected chi connectivity index (χ3v) is 5.09. The van der Waals surface area contributed by atoms with Crippen molar-refractivity contribution >= 4 is 22.6 Å². The van der Waals surface area contributed by atoms with Crippen LogP contribution in [-0.2, 0) is 11.3 Å². The number of methoxy groups -OCH3 is 1. The molecule has 0 aliphatic carbocycles. The maximum atomic E-state index is 12.8. The van der Waals surface area contributed by atoms with E-state index in [4.69, 9.17) is 9.72 Å². The number of amides is 1. The highest BCUT2D eigenvalue weighted by Crippen LogP contribution is 2.34. The quantitative estimate of drug-likeness (QED) is 0.682. The van der Waals surface area contributed by atoms with Crippen molar-refractivity contribution in [2.75, 3.05) is 18.6 Å². The smallest absolute Gasteiger partial charge is 0.227 e. The van der Waals surface area contributed by atoms with Gasteiger partial charge in [0.15, 0.2) is 0 Å². The van der Waals surface area contributed by atoms with Crippen LogP contribution in [0.5, 0.6) is 5.75 Å². The van der Waals surface area contributed by atoms with Crippen LogP contribution in [0.2, 0.25) is 0 Å². The van der Waals surface area contributed by atoms with Gasteiger partial charge in [0.05, 0.1) is 18.1 Å². The molecule has 2 aromatic carbocycles. The van der Waals surface area contributed by atoms with E-state index in [0.29, 0.717) is 18.9 Å². The summed E-state index contributed by atoms with van der Waals surface area (Å²) in [4.78, 5) is 19.5. The Labute approximate surface area is 159 Å². The SMILES string of the molecule is COc1cccc(N2C[C@@H](c3nc4ccccc4n3CC(C)C)CC2=O)c1. The third-order valence-electron chi connectivity index (χ3n) is 5.09. The van der Waals surface area contributed by atoms with E-state index in [2.05, 4.69) is 24.5 Å². The molecule has 0 bridgehead atoms. The molecule has 1 atom stereocenters. The molecule has 0 saturated carbocycles. The average Bonchev–Trinajstić information content (AvgIpc) is 3.22. The lowest BCUT2D eigenvalue weighted by Crippen LogP contribution is -2.24.